The molecule has 0 atom stereocenters. The van der Waals surface area contributed by atoms with E-state index in [4.69, 9.17) is 4.74 Å². The van der Waals surface area contributed by atoms with E-state index in [1.165, 1.54) is 0 Å². The summed E-state index contributed by atoms with van der Waals surface area (Å²) in [7, 11) is 0. The summed E-state index contributed by atoms with van der Waals surface area (Å²) in [6.45, 7) is 0.407. The van der Waals surface area contributed by atoms with Crippen LogP contribution in [0.2, 0.25) is 0 Å². The summed E-state index contributed by atoms with van der Waals surface area (Å²) in [6, 6.07) is 18.7. The molecule has 116 valence electrons. The number of alkyl carbamates (subject to hydrolysis) is 1. The van der Waals surface area contributed by atoms with Gasteiger partial charge in [-0.1, -0.05) is 54.5 Å². The highest BCUT2D eigenvalue weighted by molar-refractivity contribution is 5.96. The Hall–Kier alpha value is -3.06. The molecular formula is C19H17NO3. The van der Waals surface area contributed by atoms with Gasteiger partial charge in [0.1, 0.15) is 6.61 Å². The molecule has 2 aromatic rings. The summed E-state index contributed by atoms with van der Waals surface area (Å²) in [5.74, 6) is 5.11. The minimum absolute atomic E-state index is 0.153. The summed E-state index contributed by atoms with van der Waals surface area (Å²) in [6.07, 6.45) is -0.391. The number of amides is 1. The topological polar surface area (TPSA) is 55.4 Å². The Morgan fingerprint density at radius 2 is 1.61 bits per heavy atom. The number of carbonyl (C=O) groups is 2. The first kappa shape index (κ1) is 16.3. The molecule has 0 aliphatic carbocycles. The molecule has 0 bridgehead atoms. The zero-order valence-corrected chi connectivity index (χ0v) is 12.6. The van der Waals surface area contributed by atoms with Gasteiger partial charge in [-0.15, -0.1) is 0 Å². The highest BCUT2D eigenvalue weighted by atomic mass is 16.5. The highest BCUT2D eigenvalue weighted by Crippen LogP contribution is 2.00. The lowest BCUT2D eigenvalue weighted by Crippen LogP contribution is -2.26. The molecule has 23 heavy (non-hydrogen) atoms. The molecule has 2 rings (SSSR count). The number of Topliss-reactive ketones (excluding diaryl/α,β-unsaturated/α-hetero) is 1. The van der Waals surface area contributed by atoms with Gasteiger partial charge in [0.05, 0.1) is 0 Å². The van der Waals surface area contributed by atoms with Gasteiger partial charge in [0.25, 0.3) is 0 Å². The maximum atomic E-state index is 11.6. The number of nitrogens with one attached hydrogen (secondary N) is 1. The number of hydrogen-bond donors (Lipinski definition) is 1. The molecule has 0 saturated heterocycles. The Morgan fingerprint density at radius 1 is 0.957 bits per heavy atom. The second-order valence-corrected chi connectivity index (χ2v) is 4.78. The fraction of sp³-hybridized carbons (Fsp3) is 0.158. The largest absolute Gasteiger partial charge is 0.445 e. The number of hydrogen-bond acceptors (Lipinski definition) is 3. The second kappa shape index (κ2) is 9.06. The van der Waals surface area contributed by atoms with Gasteiger partial charge in [-0.25, -0.2) is 4.79 Å². The molecule has 2 aromatic carbocycles. The fourth-order valence-electron chi connectivity index (χ4n) is 1.78. The van der Waals surface area contributed by atoms with E-state index < -0.39 is 6.09 Å². The van der Waals surface area contributed by atoms with E-state index in [0.717, 1.165) is 11.1 Å². The van der Waals surface area contributed by atoms with Crippen LogP contribution in [0.3, 0.4) is 0 Å². The molecule has 0 spiro atoms. The third kappa shape index (κ3) is 6.49. The first-order valence-electron chi connectivity index (χ1n) is 7.28. The zero-order valence-electron chi connectivity index (χ0n) is 12.6. The second-order valence-electron chi connectivity index (χ2n) is 4.78. The van der Waals surface area contributed by atoms with E-state index in [2.05, 4.69) is 17.2 Å². The number of rotatable bonds is 5. The van der Waals surface area contributed by atoms with Gasteiger partial charge in [0.2, 0.25) is 5.78 Å². The van der Waals surface area contributed by atoms with E-state index in [1.807, 2.05) is 60.7 Å². The smallest absolute Gasteiger partial charge is 0.407 e. The Balaban J connectivity index is 1.65. The van der Waals surface area contributed by atoms with Gasteiger partial charge < -0.3 is 10.1 Å². The van der Waals surface area contributed by atoms with Gasteiger partial charge >= 0.3 is 6.09 Å². The van der Waals surface area contributed by atoms with Gasteiger partial charge in [0.15, 0.2) is 0 Å². The van der Waals surface area contributed by atoms with Gasteiger partial charge in [0, 0.05) is 18.5 Å². The van der Waals surface area contributed by atoms with Crippen molar-refractivity contribution in [1.29, 1.82) is 0 Å². The first-order chi connectivity index (χ1) is 11.2. The predicted molar refractivity (Wildman–Crippen MR) is 87.6 cm³/mol. The van der Waals surface area contributed by atoms with Crippen LogP contribution in [-0.4, -0.2) is 18.4 Å². The third-order valence-corrected chi connectivity index (χ3v) is 2.95. The van der Waals surface area contributed by atoms with Crippen molar-refractivity contribution in [3.05, 3.63) is 71.8 Å². The van der Waals surface area contributed by atoms with Crippen molar-refractivity contribution in [2.75, 3.05) is 6.54 Å². The van der Waals surface area contributed by atoms with Crippen molar-refractivity contribution in [1.82, 2.24) is 5.32 Å². The number of benzene rings is 2. The Labute approximate surface area is 135 Å². The van der Waals surface area contributed by atoms with E-state index in [9.17, 15) is 9.59 Å². The minimum Gasteiger partial charge on any atom is -0.445 e. The number of ether oxygens (including phenoxy) is 1. The van der Waals surface area contributed by atoms with Crippen LogP contribution in [0.1, 0.15) is 17.5 Å². The highest BCUT2D eigenvalue weighted by Gasteiger charge is 2.03. The summed E-state index contributed by atoms with van der Waals surface area (Å²) in [5, 5.41) is 2.53. The van der Waals surface area contributed by atoms with E-state index >= 15 is 0 Å². The van der Waals surface area contributed by atoms with Crippen LogP contribution in [0, 0.1) is 11.8 Å². The van der Waals surface area contributed by atoms with Crippen molar-refractivity contribution in [3.63, 3.8) is 0 Å². The van der Waals surface area contributed by atoms with Gasteiger partial charge in [-0.05, 0) is 23.6 Å². The minimum atomic E-state index is -0.544. The molecule has 0 aliphatic heterocycles. The van der Waals surface area contributed by atoms with Crippen LogP contribution in [0.25, 0.3) is 0 Å². The van der Waals surface area contributed by atoms with Gasteiger partial charge in [-0.3, -0.25) is 4.79 Å². The number of carbonyl (C=O) groups excluding carboxylic acids is 2. The Kier molecular flexibility index (Phi) is 6.43. The predicted octanol–water partition coefficient (Wildman–Crippen LogP) is 2.92. The van der Waals surface area contributed by atoms with Crippen LogP contribution in [0.4, 0.5) is 4.79 Å². The molecule has 4 heteroatoms. The van der Waals surface area contributed by atoms with Gasteiger partial charge in [-0.2, -0.15) is 0 Å². The quantitative estimate of drug-likeness (QED) is 0.864. The van der Waals surface area contributed by atoms with Crippen LogP contribution in [-0.2, 0) is 16.1 Å². The molecule has 0 aromatic heterocycles. The van der Waals surface area contributed by atoms with E-state index in [1.54, 1.807) is 0 Å². The third-order valence-electron chi connectivity index (χ3n) is 2.95. The molecule has 0 unspecified atom stereocenters. The molecule has 0 aliphatic rings. The normalized spacial score (nSPS) is 9.39. The maximum absolute atomic E-state index is 11.6. The van der Waals surface area contributed by atoms with Crippen molar-refractivity contribution >= 4 is 11.9 Å². The number of ketones is 1. The lowest BCUT2D eigenvalue weighted by molar-refractivity contribution is -0.113. The molecular weight excluding hydrogens is 290 g/mol. The standard InChI is InChI=1S/C19H17NO3/c21-18(12-11-16-7-3-1-4-8-16)13-14-20-19(22)23-15-17-9-5-2-6-10-17/h1-10H,13-15H2,(H,20,22). The molecule has 1 N–H and O–H groups in total. The summed E-state index contributed by atoms with van der Waals surface area (Å²) >= 11 is 0. The van der Waals surface area contributed by atoms with Crippen molar-refractivity contribution < 1.29 is 14.3 Å². The summed E-state index contributed by atoms with van der Waals surface area (Å²) in [4.78, 5) is 23.1. The molecule has 0 saturated carbocycles. The van der Waals surface area contributed by atoms with Crippen molar-refractivity contribution in [3.8, 4) is 11.8 Å². The van der Waals surface area contributed by atoms with E-state index in [0.29, 0.717) is 0 Å². The molecule has 0 radical (unpaired) electrons. The van der Waals surface area contributed by atoms with Crippen LogP contribution >= 0.6 is 0 Å². The van der Waals surface area contributed by atoms with Crippen LogP contribution < -0.4 is 5.32 Å². The SMILES string of the molecule is O=C(C#Cc1ccccc1)CCNC(=O)OCc1ccccc1. The van der Waals surface area contributed by atoms with Crippen molar-refractivity contribution in [2.45, 2.75) is 13.0 Å². The fourth-order valence-corrected chi connectivity index (χ4v) is 1.78. The maximum Gasteiger partial charge on any atom is 0.407 e. The van der Waals surface area contributed by atoms with E-state index in [-0.39, 0.29) is 25.4 Å². The Bertz CT molecular complexity index is 700. The lowest BCUT2D eigenvalue weighted by atomic mass is 10.2. The average molecular weight is 307 g/mol. The molecule has 0 fully saturated rings. The molecule has 1 amide bonds. The van der Waals surface area contributed by atoms with Crippen molar-refractivity contribution in [2.24, 2.45) is 0 Å². The zero-order chi connectivity index (χ0) is 16.3. The Morgan fingerprint density at radius 3 is 2.30 bits per heavy atom. The molecule has 0 heterocycles. The summed E-state index contributed by atoms with van der Waals surface area (Å²) < 4.78 is 5.04. The van der Waals surface area contributed by atoms with Crippen LogP contribution in [0.5, 0.6) is 0 Å². The average Bonchev–Trinajstić information content (AvgIpc) is 2.60. The monoisotopic (exact) mass is 307 g/mol. The molecule has 4 nitrogen and oxygen atoms in total. The summed E-state index contributed by atoms with van der Waals surface area (Å²) in [5.41, 5.74) is 1.70. The lowest BCUT2D eigenvalue weighted by Gasteiger charge is -2.05. The van der Waals surface area contributed by atoms with Crippen LogP contribution in [0.15, 0.2) is 60.7 Å². The first-order valence-corrected chi connectivity index (χ1v) is 7.28.